The van der Waals surface area contributed by atoms with E-state index in [0.29, 0.717) is 11.3 Å². The van der Waals surface area contributed by atoms with Crippen LogP contribution in [-0.4, -0.2) is 24.6 Å². The SMILES string of the molecule is COC(=O)c1ccccc1NC(=O)SC. The molecule has 0 unspecified atom stereocenters. The molecule has 0 aliphatic carbocycles. The van der Waals surface area contributed by atoms with Gasteiger partial charge in [-0.3, -0.25) is 4.79 Å². The molecule has 4 nitrogen and oxygen atoms in total. The lowest BCUT2D eigenvalue weighted by Crippen LogP contribution is -2.10. The molecule has 0 heterocycles. The first-order chi connectivity index (χ1) is 7.19. The molecule has 0 aliphatic heterocycles. The van der Waals surface area contributed by atoms with Crippen LogP contribution in [0.5, 0.6) is 0 Å². The van der Waals surface area contributed by atoms with Crippen molar-refractivity contribution in [1.82, 2.24) is 0 Å². The Labute approximate surface area is 92.0 Å². The van der Waals surface area contributed by atoms with Crippen molar-refractivity contribution < 1.29 is 14.3 Å². The monoisotopic (exact) mass is 225 g/mol. The predicted molar refractivity (Wildman–Crippen MR) is 60.3 cm³/mol. The van der Waals surface area contributed by atoms with Crippen LogP contribution in [0.15, 0.2) is 24.3 Å². The number of para-hydroxylation sites is 1. The predicted octanol–water partition coefficient (Wildman–Crippen LogP) is 2.37. The first-order valence-electron chi connectivity index (χ1n) is 4.21. The molecule has 0 atom stereocenters. The highest BCUT2D eigenvalue weighted by Crippen LogP contribution is 2.17. The van der Waals surface area contributed by atoms with E-state index in [-0.39, 0.29) is 5.24 Å². The highest BCUT2D eigenvalue weighted by Gasteiger charge is 2.12. The summed E-state index contributed by atoms with van der Waals surface area (Å²) < 4.78 is 4.60. The molecule has 0 saturated carbocycles. The number of thioether (sulfide) groups is 1. The van der Waals surface area contributed by atoms with Crippen LogP contribution in [0.3, 0.4) is 0 Å². The van der Waals surface area contributed by atoms with Gasteiger partial charge in [0, 0.05) is 0 Å². The molecular weight excluding hydrogens is 214 g/mol. The van der Waals surface area contributed by atoms with Crippen LogP contribution in [0.1, 0.15) is 10.4 Å². The lowest BCUT2D eigenvalue weighted by molar-refractivity contribution is 0.0602. The third kappa shape index (κ3) is 2.99. The maximum atomic E-state index is 11.3. The van der Waals surface area contributed by atoms with Crippen LogP contribution in [0.4, 0.5) is 10.5 Å². The van der Waals surface area contributed by atoms with Gasteiger partial charge in [-0.2, -0.15) is 0 Å². The fourth-order valence-electron chi connectivity index (χ4n) is 1.04. The number of ether oxygens (including phenoxy) is 1. The number of hydrogen-bond donors (Lipinski definition) is 1. The van der Waals surface area contributed by atoms with Crippen LogP contribution in [0.25, 0.3) is 0 Å². The average Bonchev–Trinajstić information content (AvgIpc) is 2.28. The van der Waals surface area contributed by atoms with Crippen molar-refractivity contribution in [1.29, 1.82) is 0 Å². The second-order valence-corrected chi connectivity index (χ2v) is 3.43. The molecule has 15 heavy (non-hydrogen) atoms. The standard InChI is InChI=1S/C10H11NO3S/c1-14-9(12)7-5-3-4-6-8(7)11-10(13)15-2/h3-6H,1-2H3,(H,11,13). The number of nitrogens with one attached hydrogen (secondary N) is 1. The Bertz CT molecular complexity index is 379. The zero-order valence-electron chi connectivity index (χ0n) is 8.44. The molecule has 1 amide bonds. The number of methoxy groups -OCH3 is 1. The largest absolute Gasteiger partial charge is 0.465 e. The molecule has 1 aromatic carbocycles. The van der Waals surface area contributed by atoms with Gasteiger partial charge in [-0.25, -0.2) is 4.79 Å². The van der Waals surface area contributed by atoms with Crippen molar-refractivity contribution in [2.75, 3.05) is 18.7 Å². The smallest absolute Gasteiger partial charge is 0.339 e. The molecule has 5 heteroatoms. The first kappa shape index (κ1) is 11.6. The second-order valence-electron chi connectivity index (χ2n) is 2.65. The maximum absolute atomic E-state index is 11.3. The Balaban J connectivity index is 2.96. The van der Waals surface area contributed by atoms with E-state index in [9.17, 15) is 9.59 Å². The molecule has 0 fully saturated rings. The summed E-state index contributed by atoms with van der Waals surface area (Å²) in [5, 5.41) is 2.38. The zero-order chi connectivity index (χ0) is 11.3. The quantitative estimate of drug-likeness (QED) is 0.785. The number of anilines is 1. The van der Waals surface area contributed by atoms with Gasteiger partial charge in [-0.1, -0.05) is 23.9 Å². The van der Waals surface area contributed by atoms with E-state index in [4.69, 9.17) is 0 Å². The lowest BCUT2D eigenvalue weighted by atomic mass is 10.2. The van der Waals surface area contributed by atoms with Gasteiger partial charge in [0.15, 0.2) is 0 Å². The Morgan fingerprint density at radius 2 is 2.00 bits per heavy atom. The van der Waals surface area contributed by atoms with Crippen molar-refractivity contribution in [2.24, 2.45) is 0 Å². The average molecular weight is 225 g/mol. The van der Waals surface area contributed by atoms with Crippen LogP contribution >= 0.6 is 11.8 Å². The van der Waals surface area contributed by atoms with Crippen LogP contribution < -0.4 is 5.32 Å². The summed E-state index contributed by atoms with van der Waals surface area (Å²) in [7, 11) is 1.30. The van der Waals surface area contributed by atoms with Gasteiger partial charge in [0.2, 0.25) is 0 Å². The fraction of sp³-hybridized carbons (Fsp3) is 0.200. The van der Waals surface area contributed by atoms with Crippen molar-refractivity contribution in [2.45, 2.75) is 0 Å². The molecule has 0 saturated heterocycles. The molecule has 0 bridgehead atoms. The minimum Gasteiger partial charge on any atom is -0.465 e. The number of carbonyl (C=O) groups excluding carboxylic acids is 2. The molecule has 1 N–H and O–H groups in total. The molecule has 0 aromatic heterocycles. The Morgan fingerprint density at radius 3 is 2.60 bits per heavy atom. The van der Waals surface area contributed by atoms with Crippen LogP contribution in [0.2, 0.25) is 0 Å². The second kappa shape index (κ2) is 5.41. The number of amides is 1. The number of benzene rings is 1. The van der Waals surface area contributed by atoms with Crippen LogP contribution in [-0.2, 0) is 4.74 Å². The molecule has 0 aliphatic rings. The van der Waals surface area contributed by atoms with Gasteiger partial charge in [0.05, 0.1) is 18.4 Å². The summed E-state index contributed by atoms with van der Waals surface area (Å²) in [5.41, 5.74) is 0.811. The van der Waals surface area contributed by atoms with Crippen LogP contribution in [0, 0.1) is 0 Å². The van der Waals surface area contributed by atoms with Gasteiger partial charge in [-0.15, -0.1) is 0 Å². The molecular formula is C10H11NO3S. The summed E-state index contributed by atoms with van der Waals surface area (Å²) >= 11 is 1.05. The van der Waals surface area contributed by atoms with Gasteiger partial charge >= 0.3 is 5.97 Å². The first-order valence-corrected chi connectivity index (χ1v) is 5.44. The van der Waals surface area contributed by atoms with Gasteiger partial charge < -0.3 is 10.1 Å². The van der Waals surface area contributed by atoms with E-state index in [1.54, 1.807) is 30.5 Å². The topological polar surface area (TPSA) is 55.4 Å². The summed E-state index contributed by atoms with van der Waals surface area (Å²) in [4.78, 5) is 22.5. The lowest BCUT2D eigenvalue weighted by Gasteiger charge is -2.07. The number of carbonyl (C=O) groups is 2. The maximum Gasteiger partial charge on any atom is 0.339 e. The van der Waals surface area contributed by atoms with Gasteiger partial charge in [0.1, 0.15) is 0 Å². The third-order valence-electron chi connectivity index (χ3n) is 1.75. The third-order valence-corrected chi connectivity index (χ3v) is 2.23. The molecule has 1 rings (SSSR count). The summed E-state index contributed by atoms with van der Waals surface area (Å²) in [6.07, 6.45) is 1.66. The summed E-state index contributed by atoms with van der Waals surface area (Å²) in [6.45, 7) is 0. The highest BCUT2D eigenvalue weighted by atomic mass is 32.2. The Kier molecular flexibility index (Phi) is 4.17. The molecule has 80 valence electrons. The highest BCUT2D eigenvalue weighted by molar-refractivity contribution is 8.13. The Hall–Kier alpha value is -1.49. The van der Waals surface area contributed by atoms with E-state index < -0.39 is 5.97 Å². The number of rotatable bonds is 2. The van der Waals surface area contributed by atoms with E-state index >= 15 is 0 Å². The minimum atomic E-state index is -0.466. The van der Waals surface area contributed by atoms with E-state index in [2.05, 4.69) is 10.1 Å². The molecule has 0 spiro atoms. The van der Waals surface area contributed by atoms with Gasteiger partial charge in [-0.05, 0) is 18.4 Å². The summed E-state index contributed by atoms with van der Waals surface area (Å²) in [5.74, 6) is -0.466. The van der Waals surface area contributed by atoms with Crippen molar-refractivity contribution >= 4 is 28.7 Å². The normalized spacial score (nSPS) is 9.47. The number of esters is 1. The molecule has 1 aromatic rings. The zero-order valence-corrected chi connectivity index (χ0v) is 9.26. The Morgan fingerprint density at radius 1 is 1.33 bits per heavy atom. The molecule has 0 radical (unpaired) electrons. The van der Waals surface area contributed by atoms with Crippen molar-refractivity contribution in [3.63, 3.8) is 0 Å². The van der Waals surface area contributed by atoms with E-state index in [1.807, 2.05) is 0 Å². The van der Waals surface area contributed by atoms with Gasteiger partial charge in [0.25, 0.3) is 5.24 Å². The van der Waals surface area contributed by atoms with Crippen molar-refractivity contribution in [3.05, 3.63) is 29.8 Å². The van der Waals surface area contributed by atoms with E-state index in [0.717, 1.165) is 11.8 Å². The van der Waals surface area contributed by atoms with Crippen molar-refractivity contribution in [3.8, 4) is 0 Å². The van der Waals surface area contributed by atoms with E-state index in [1.165, 1.54) is 7.11 Å². The fourth-order valence-corrected chi connectivity index (χ4v) is 1.25. The minimum absolute atomic E-state index is 0.216. The number of hydrogen-bond acceptors (Lipinski definition) is 4. The summed E-state index contributed by atoms with van der Waals surface area (Å²) in [6, 6.07) is 6.70.